The number of phosphoric acid groups is 1. The number of phosphoric ester groups is 1. The molecule has 0 aliphatic rings. The molecule has 0 saturated carbocycles. The monoisotopic (exact) mass is 894 g/mol. The number of esters is 2. The van der Waals surface area contributed by atoms with Crippen molar-refractivity contribution in [3.63, 3.8) is 0 Å². The van der Waals surface area contributed by atoms with Crippen LogP contribution in [0.25, 0.3) is 0 Å². The van der Waals surface area contributed by atoms with Crippen molar-refractivity contribution in [2.24, 2.45) is 0 Å². The van der Waals surface area contributed by atoms with E-state index >= 15 is 0 Å². The number of hydrogen-bond donors (Lipinski definition) is 0. The lowest BCUT2D eigenvalue weighted by Crippen LogP contribution is -2.37. The predicted octanol–water partition coefficient (Wildman–Crippen LogP) is 14.4. The molecule has 0 fully saturated rings. The number of unbranched alkanes of at least 4 members (excludes halogenated alkanes) is 24. The van der Waals surface area contributed by atoms with E-state index in [1.54, 1.807) is 0 Å². The minimum atomic E-state index is -4.63. The molecule has 0 aromatic carbocycles. The lowest BCUT2D eigenvalue weighted by molar-refractivity contribution is -0.870. The van der Waals surface area contributed by atoms with E-state index in [1.807, 2.05) is 21.1 Å². The molecule has 2 atom stereocenters. The van der Waals surface area contributed by atoms with Crippen LogP contribution in [0.15, 0.2) is 48.6 Å². The molecule has 0 bridgehead atoms. The number of carbonyl (C=O) groups excluding carboxylic acids is 2. The first kappa shape index (κ1) is 60.0. The maximum absolute atomic E-state index is 12.7. The van der Waals surface area contributed by atoms with E-state index in [-0.39, 0.29) is 32.0 Å². The zero-order chi connectivity index (χ0) is 45.7. The van der Waals surface area contributed by atoms with Crippen LogP contribution in [-0.2, 0) is 32.7 Å². The van der Waals surface area contributed by atoms with Gasteiger partial charge in [-0.3, -0.25) is 14.2 Å². The summed E-state index contributed by atoms with van der Waals surface area (Å²) in [4.78, 5) is 37.7. The first-order chi connectivity index (χ1) is 30.0. The maximum Gasteiger partial charge on any atom is 0.306 e. The second kappa shape index (κ2) is 44.2. The number of rotatable bonds is 46. The minimum absolute atomic E-state index is 0.0326. The zero-order valence-corrected chi connectivity index (χ0v) is 41.7. The number of likely N-dealkylation sites (N-methyl/N-ethyl adjacent to an activating group) is 1. The quantitative estimate of drug-likeness (QED) is 0.0195. The molecule has 0 aromatic heterocycles. The molecule has 0 N–H and O–H groups in total. The van der Waals surface area contributed by atoms with Gasteiger partial charge in [0, 0.05) is 12.8 Å². The van der Waals surface area contributed by atoms with Gasteiger partial charge in [0.15, 0.2) is 6.10 Å². The Labute approximate surface area is 382 Å². The third kappa shape index (κ3) is 47.4. The van der Waals surface area contributed by atoms with Gasteiger partial charge < -0.3 is 27.9 Å². The van der Waals surface area contributed by atoms with E-state index in [9.17, 15) is 19.0 Å². The van der Waals surface area contributed by atoms with E-state index in [2.05, 4.69) is 62.5 Å². The number of quaternary nitrogens is 1. The molecular weight excluding hydrogens is 798 g/mol. The highest BCUT2D eigenvalue weighted by Gasteiger charge is 2.21. The molecule has 9 nitrogen and oxygen atoms in total. The molecule has 0 rings (SSSR count). The van der Waals surface area contributed by atoms with Crippen LogP contribution in [0.5, 0.6) is 0 Å². The van der Waals surface area contributed by atoms with Crippen molar-refractivity contribution in [3.05, 3.63) is 48.6 Å². The van der Waals surface area contributed by atoms with Crippen molar-refractivity contribution in [3.8, 4) is 0 Å². The summed E-state index contributed by atoms with van der Waals surface area (Å²) in [5.74, 6) is -0.836. The molecule has 62 heavy (non-hydrogen) atoms. The van der Waals surface area contributed by atoms with Crippen LogP contribution >= 0.6 is 7.82 Å². The molecule has 10 heteroatoms. The molecule has 0 saturated heterocycles. The molecular formula is C52H96NO8P. The fraction of sp³-hybridized carbons (Fsp3) is 0.808. The molecule has 2 unspecified atom stereocenters. The second-order valence-corrected chi connectivity index (χ2v) is 19.6. The highest BCUT2D eigenvalue weighted by molar-refractivity contribution is 7.45. The van der Waals surface area contributed by atoms with Gasteiger partial charge in [-0.2, -0.15) is 0 Å². The van der Waals surface area contributed by atoms with Crippen molar-refractivity contribution in [2.45, 2.75) is 225 Å². The minimum Gasteiger partial charge on any atom is -0.756 e. The van der Waals surface area contributed by atoms with Crippen molar-refractivity contribution in [1.82, 2.24) is 0 Å². The Morgan fingerprint density at radius 1 is 0.516 bits per heavy atom. The van der Waals surface area contributed by atoms with E-state index in [0.717, 1.165) is 70.6 Å². The highest BCUT2D eigenvalue weighted by Crippen LogP contribution is 2.38. The van der Waals surface area contributed by atoms with Crippen molar-refractivity contribution < 1.29 is 42.1 Å². The summed E-state index contributed by atoms with van der Waals surface area (Å²) >= 11 is 0. The number of carbonyl (C=O) groups is 2. The molecule has 0 aliphatic carbocycles. The van der Waals surface area contributed by atoms with Gasteiger partial charge in [0.2, 0.25) is 0 Å². The first-order valence-electron chi connectivity index (χ1n) is 25.3. The Morgan fingerprint density at radius 3 is 1.37 bits per heavy atom. The number of allylic oxidation sites excluding steroid dienone is 8. The Morgan fingerprint density at radius 2 is 0.919 bits per heavy atom. The maximum atomic E-state index is 12.7. The third-order valence-electron chi connectivity index (χ3n) is 10.9. The van der Waals surface area contributed by atoms with Gasteiger partial charge in [0.05, 0.1) is 27.7 Å². The van der Waals surface area contributed by atoms with Crippen LogP contribution in [0.3, 0.4) is 0 Å². The van der Waals surface area contributed by atoms with Crippen LogP contribution in [0.4, 0.5) is 0 Å². The fourth-order valence-electron chi connectivity index (χ4n) is 6.94. The average molecular weight is 894 g/mol. The standard InChI is InChI=1S/C52H96NO8P/c1-6-8-10-12-14-16-18-20-22-24-25-26-27-29-31-33-35-37-39-41-43-45-52(55)61-50(49-60-62(56,57)59-47-46-53(3,4)5)48-58-51(54)44-42-40-38-36-34-32-30-28-23-21-19-17-15-13-11-9-7-2/h8,10,14,16,20,22,25-26,50H,6-7,9,11-13,15,17-19,21,23-24,27-49H2,1-5H3/b10-8-,16-14-,22-20-,26-25-. The Kier molecular flexibility index (Phi) is 42.7. The van der Waals surface area contributed by atoms with E-state index < -0.39 is 26.5 Å². The Hall–Kier alpha value is -2.03. The smallest absolute Gasteiger partial charge is 0.306 e. The topological polar surface area (TPSA) is 111 Å². The van der Waals surface area contributed by atoms with Gasteiger partial charge in [-0.15, -0.1) is 0 Å². The van der Waals surface area contributed by atoms with Gasteiger partial charge in [-0.1, -0.05) is 204 Å². The summed E-state index contributed by atoms with van der Waals surface area (Å²) in [6.45, 7) is 4.13. The van der Waals surface area contributed by atoms with Crippen LogP contribution in [-0.4, -0.2) is 70.0 Å². The lowest BCUT2D eigenvalue weighted by Gasteiger charge is -2.28. The normalized spacial score (nSPS) is 13.8. The van der Waals surface area contributed by atoms with E-state index in [4.69, 9.17) is 18.5 Å². The molecule has 0 heterocycles. The lowest BCUT2D eigenvalue weighted by atomic mass is 10.0. The van der Waals surface area contributed by atoms with Gasteiger partial charge >= 0.3 is 11.9 Å². The molecule has 0 aliphatic heterocycles. The van der Waals surface area contributed by atoms with Crippen molar-refractivity contribution in [2.75, 3.05) is 47.5 Å². The molecule has 0 spiro atoms. The van der Waals surface area contributed by atoms with Gasteiger partial charge in [0.1, 0.15) is 19.8 Å². The van der Waals surface area contributed by atoms with Gasteiger partial charge in [-0.05, 0) is 51.4 Å². The summed E-state index contributed by atoms with van der Waals surface area (Å²) in [6.07, 6.45) is 52.8. The van der Waals surface area contributed by atoms with Gasteiger partial charge in [-0.25, -0.2) is 0 Å². The summed E-state index contributed by atoms with van der Waals surface area (Å²) < 4.78 is 34.0. The van der Waals surface area contributed by atoms with Crippen LogP contribution in [0.1, 0.15) is 219 Å². The van der Waals surface area contributed by atoms with Crippen LogP contribution < -0.4 is 4.89 Å². The molecule has 362 valence electrons. The Balaban J connectivity index is 4.27. The SMILES string of the molecule is CC/C=C\C/C=C\C/C=C\C/C=C\CCCCCCCCCCC(=O)OC(COC(=O)CCCCCCCCCCCCCCCCCCC)COP(=O)([O-])OCC[N+](C)(C)C. The third-order valence-corrected chi connectivity index (χ3v) is 11.8. The first-order valence-corrected chi connectivity index (χ1v) is 26.8. The summed E-state index contributed by atoms with van der Waals surface area (Å²) in [6, 6.07) is 0. The van der Waals surface area contributed by atoms with Crippen LogP contribution in [0, 0.1) is 0 Å². The second-order valence-electron chi connectivity index (χ2n) is 18.2. The predicted molar refractivity (Wildman–Crippen MR) is 259 cm³/mol. The number of nitrogens with zero attached hydrogens (tertiary/aromatic N) is 1. The molecule has 0 aromatic rings. The van der Waals surface area contributed by atoms with Crippen molar-refractivity contribution >= 4 is 19.8 Å². The Bertz CT molecular complexity index is 1190. The number of ether oxygens (including phenoxy) is 2. The summed E-state index contributed by atoms with van der Waals surface area (Å²) in [7, 11) is 1.16. The molecule has 0 radical (unpaired) electrons. The highest BCUT2D eigenvalue weighted by atomic mass is 31.2. The molecule has 0 amide bonds. The van der Waals surface area contributed by atoms with E-state index in [1.165, 1.54) is 116 Å². The largest absolute Gasteiger partial charge is 0.756 e. The van der Waals surface area contributed by atoms with E-state index in [0.29, 0.717) is 17.4 Å². The van der Waals surface area contributed by atoms with Crippen LogP contribution in [0.2, 0.25) is 0 Å². The number of hydrogen-bond acceptors (Lipinski definition) is 8. The average Bonchev–Trinajstić information content (AvgIpc) is 3.23. The summed E-state index contributed by atoms with van der Waals surface area (Å²) in [5, 5.41) is 0. The van der Waals surface area contributed by atoms with Gasteiger partial charge in [0.25, 0.3) is 7.82 Å². The fourth-order valence-corrected chi connectivity index (χ4v) is 7.67. The summed E-state index contributed by atoms with van der Waals surface area (Å²) in [5.41, 5.74) is 0. The zero-order valence-electron chi connectivity index (χ0n) is 40.8. The van der Waals surface area contributed by atoms with Crippen molar-refractivity contribution in [1.29, 1.82) is 0 Å².